The molecule has 5 heteroatoms. The number of rotatable bonds is 4. The zero-order valence-electron chi connectivity index (χ0n) is 11.6. The van der Waals surface area contributed by atoms with Gasteiger partial charge in [-0.3, -0.25) is 9.78 Å². The molecule has 0 saturated carbocycles. The van der Waals surface area contributed by atoms with E-state index in [2.05, 4.69) is 4.98 Å². The van der Waals surface area contributed by atoms with Crippen molar-refractivity contribution in [2.45, 2.75) is 13.5 Å². The third-order valence-corrected chi connectivity index (χ3v) is 3.04. The summed E-state index contributed by atoms with van der Waals surface area (Å²) in [6, 6.07) is 11.0. The first-order valence-electron chi connectivity index (χ1n) is 6.30. The number of hydrogen-bond donors (Lipinski definition) is 2. The van der Waals surface area contributed by atoms with Crippen LogP contribution >= 0.6 is 0 Å². The third-order valence-electron chi connectivity index (χ3n) is 3.04. The molecule has 2 rings (SSSR count). The first-order chi connectivity index (χ1) is 9.47. The zero-order chi connectivity index (χ0) is 14.7. The fourth-order valence-electron chi connectivity index (χ4n) is 2.10. The van der Waals surface area contributed by atoms with Gasteiger partial charge < -0.3 is 16.4 Å². The Labute approximate surface area is 118 Å². The molecule has 104 valence electrons. The summed E-state index contributed by atoms with van der Waals surface area (Å²) in [5.74, 6) is -0.489. The number of primary amides is 1. The number of benzene rings is 1. The summed E-state index contributed by atoms with van der Waals surface area (Å²) < 4.78 is 0. The normalized spacial score (nSPS) is 10.3. The molecule has 1 aromatic heterocycles. The van der Waals surface area contributed by atoms with Gasteiger partial charge in [0.15, 0.2) is 0 Å². The van der Waals surface area contributed by atoms with Crippen molar-refractivity contribution < 1.29 is 4.79 Å². The van der Waals surface area contributed by atoms with Crippen molar-refractivity contribution in [3.63, 3.8) is 0 Å². The second-order valence-electron chi connectivity index (χ2n) is 4.77. The van der Waals surface area contributed by atoms with Gasteiger partial charge in [-0.05, 0) is 37.3 Å². The van der Waals surface area contributed by atoms with Crippen molar-refractivity contribution in [3.8, 4) is 0 Å². The number of carbonyl (C=O) groups is 1. The van der Waals surface area contributed by atoms with Crippen LogP contribution in [0.1, 0.15) is 21.7 Å². The molecule has 0 aliphatic rings. The Morgan fingerprint density at radius 1 is 1.30 bits per heavy atom. The summed E-state index contributed by atoms with van der Waals surface area (Å²) in [6.45, 7) is 2.54. The first-order valence-corrected chi connectivity index (χ1v) is 6.30. The van der Waals surface area contributed by atoms with E-state index in [4.69, 9.17) is 11.5 Å². The number of hydrogen-bond acceptors (Lipinski definition) is 4. The first kappa shape index (κ1) is 13.9. The zero-order valence-corrected chi connectivity index (χ0v) is 11.6. The molecule has 0 saturated heterocycles. The molecule has 0 spiro atoms. The van der Waals surface area contributed by atoms with Gasteiger partial charge in [0.25, 0.3) is 5.91 Å². The van der Waals surface area contributed by atoms with Gasteiger partial charge in [-0.25, -0.2) is 0 Å². The molecule has 0 unspecified atom stereocenters. The van der Waals surface area contributed by atoms with E-state index in [9.17, 15) is 4.79 Å². The van der Waals surface area contributed by atoms with Crippen LogP contribution in [0.3, 0.4) is 0 Å². The van der Waals surface area contributed by atoms with E-state index >= 15 is 0 Å². The summed E-state index contributed by atoms with van der Waals surface area (Å²) in [7, 11) is 1.89. The van der Waals surface area contributed by atoms with Crippen LogP contribution in [-0.2, 0) is 6.54 Å². The standard InChI is InChI=1S/C15H18N4O/c1-10-4-3-5-12(18-10)9-19(2)14-7-6-11(16)8-13(14)15(17)20/h3-8H,9,16H2,1-2H3,(H2,17,20). The number of aryl methyl sites for hydroxylation is 1. The van der Waals surface area contributed by atoms with Gasteiger partial charge in [-0.1, -0.05) is 6.07 Å². The van der Waals surface area contributed by atoms with Gasteiger partial charge in [0, 0.05) is 24.1 Å². The molecule has 5 nitrogen and oxygen atoms in total. The van der Waals surface area contributed by atoms with Crippen molar-refractivity contribution in [3.05, 3.63) is 53.3 Å². The van der Waals surface area contributed by atoms with Gasteiger partial charge in [-0.2, -0.15) is 0 Å². The molecular formula is C15H18N4O. The fraction of sp³-hybridized carbons (Fsp3) is 0.200. The molecule has 4 N–H and O–H groups in total. The molecule has 0 fully saturated rings. The Morgan fingerprint density at radius 2 is 2.05 bits per heavy atom. The summed E-state index contributed by atoms with van der Waals surface area (Å²) in [6.07, 6.45) is 0. The molecule has 2 aromatic rings. The van der Waals surface area contributed by atoms with Gasteiger partial charge in [0.05, 0.1) is 17.8 Å². The fourth-order valence-corrected chi connectivity index (χ4v) is 2.10. The molecule has 0 radical (unpaired) electrons. The molecule has 20 heavy (non-hydrogen) atoms. The van der Waals surface area contributed by atoms with Crippen molar-refractivity contribution >= 4 is 17.3 Å². The van der Waals surface area contributed by atoms with Gasteiger partial charge in [0.1, 0.15) is 0 Å². The monoisotopic (exact) mass is 270 g/mol. The number of carbonyl (C=O) groups excluding carboxylic acids is 1. The average molecular weight is 270 g/mol. The van der Waals surface area contributed by atoms with Crippen LogP contribution < -0.4 is 16.4 Å². The topological polar surface area (TPSA) is 85.2 Å². The predicted molar refractivity (Wildman–Crippen MR) is 80.5 cm³/mol. The van der Waals surface area contributed by atoms with E-state index in [1.807, 2.05) is 37.1 Å². The van der Waals surface area contributed by atoms with Crippen molar-refractivity contribution in [2.75, 3.05) is 17.7 Å². The second kappa shape index (κ2) is 5.61. The Kier molecular flexibility index (Phi) is 3.89. The van der Waals surface area contributed by atoms with E-state index in [0.717, 1.165) is 17.1 Å². The van der Waals surface area contributed by atoms with E-state index in [-0.39, 0.29) is 0 Å². The van der Waals surface area contributed by atoms with E-state index < -0.39 is 5.91 Å². The Balaban J connectivity index is 2.29. The molecule has 1 aromatic carbocycles. The number of amides is 1. The minimum absolute atomic E-state index is 0.417. The summed E-state index contributed by atoms with van der Waals surface area (Å²) in [5, 5.41) is 0. The smallest absolute Gasteiger partial charge is 0.250 e. The Hall–Kier alpha value is -2.56. The lowest BCUT2D eigenvalue weighted by atomic mass is 10.1. The number of nitrogens with two attached hydrogens (primary N) is 2. The molecule has 1 amide bonds. The summed E-state index contributed by atoms with van der Waals surface area (Å²) in [4.78, 5) is 17.9. The van der Waals surface area contributed by atoms with Crippen LogP contribution in [0, 0.1) is 6.92 Å². The van der Waals surface area contributed by atoms with Crippen molar-refractivity contribution in [1.82, 2.24) is 4.98 Å². The van der Waals surface area contributed by atoms with E-state index in [1.54, 1.807) is 18.2 Å². The van der Waals surface area contributed by atoms with Gasteiger partial charge in [0.2, 0.25) is 0 Å². The lowest BCUT2D eigenvalue weighted by molar-refractivity contribution is 0.100. The highest BCUT2D eigenvalue weighted by atomic mass is 16.1. The van der Waals surface area contributed by atoms with Crippen LogP contribution in [0.5, 0.6) is 0 Å². The molecule has 0 bridgehead atoms. The number of aromatic nitrogens is 1. The largest absolute Gasteiger partial charge is 0.399 e. The van der Waals surface area contributed by atoms with Crippen LogP contribution in [0.15, 0.2) is 36.4 Å². The highest BCUT2D eigenvalue weighted by molar-refractivity contribution is 5.99. The summed E-state index contributed by atoms with van der Waals surface area (Å²) in [5.41, 5.74) is 14.7. The Bertz CT molecular complexity index is 640. The minimum atomic E-state index is -0.489. The highest BCUT2D eigenvalue weighted by Crippen LogP contribution is 2.23. The van der Waals surface area contributed by atoms with Crippen LogP contribution in [0.4, 0.5) is 11.4 Å². The highest BCUT2D eigenvalue weighted by Gasteiger charge is 2.13. The van der Waals surface area contributed by atoms with Crippen LogP contribution in [0.2, 0.25) is 0 Å². The maximum atomic E-state index is 11.5. The number of nitrogen functional groups attached to an aromatic ring is 1. The lowest BCUT2D eigenvalue weighted by Crippen LogP contribution is -2.22. The minimum Gasteiger partial charge on any atom is -0.399 e. The Morgan fingerprint density at radius 3 is 2.70 bits per heavy atom. The number of pyridine rings is 1. The number of anilines is 2. The molecule has 0 atom stereocenters. The average Bonchev–Trinajstić information content (AvgIpc) is 2.38. The van der Waals surface area contributed by atoms with Crippen LogP contribution in [-0.4, -0.2) is 17.9 Å². The number of nitrogens with zero attached hydrogens (tertiary/aromatic N) is 2. The quantitative estimate of drug-likeness (QED) is 0.828. The van der Waals surface area contributed by atoms with Crippen LogP contribution in [0.25, 0.3) is 0 Å². The van der Waals surface area contributed by atoms with Gasteiger partial charge >= 0.3 is 0 Å². The van der Waals surface area contributed by atoms with E-state index in [0.29, 0.717) is 17.8 Å². The predicted octanol–water partition coefficient (Wildman–Crippen LogP) is 1.71. The molecule has 1 heterocycles. The molecular weight excluding hydrogens is 252 g/mol. The van der Waals surface area contributed by atoms with Crippen molar-refractivity contribution in [2.24, 2.45) is 5.73 Å². The maximum absolute atomic E-state index is 11.5. The second-order valence-corrected chi connectivity index (χ2v) is 4.77. The lowest BCUT2D eigenvalue weighted by Gasteiger charge is -2.21. The van der Waals surface area contributed by atoms with Gasteiger partial charge in [-0.15, -0.1) is 0 Å². The molecule has 0 aliphatic heterocycles. The molecule has 0 aliphatic carbocycles. The SMILES string of the molecule is Cc1cccc(CN(C)c2ccc(N)cc2C(N)=O)n1. The summed E-state index contributed by atoms with van der Waals surface area (Å²) >= 11 is 0. The van der Waals surface area contributed by atoms with Crippen molar-refractivity contribution in [1.29, 1.82) is 0 Å². The van der Waals surface area contributed by atoms with E-state index in [1.165, 1.54) is 0 Å². The maximum Gasteiger partial charge on any atom is 0.250 e. The third kappa shape index (κ3) is 3.06.